The number of hydrogen-bond donors (Lipinski definition) is 2. The highest BCUT2D eigenvalue weighted by Gasteiger charge is 1.99. The normalized spacial score (nSPS) is 10.2. The van der Waals surface area contributed by atoms with Crippen molar-refractivity contribution in [2.24, 2.45) is 5.73 Å². The molecule has 0 aliphatic heterocycles. The molecule has 1 rings (SSSR count). The van der Waals surface area contributed by atoms with Crippen LogP contribution in [0.25, 0.3) is 0 Å². The van der Waals surface area contributed by atoms with Crippen LogP contribution in [0.4, 0.5) is 5.69 Å². The lowest BCUT2D eigenvalue weighted by molar-refractivity contribution is 1.15. The molecular weight excluding hydrogens is 192 g/mol. The Kier molecular flexibility index (Phi) is 3.72. The summed E-state index contributed by atoms with van der Waals surface area (Å²) in [5.41, 5.74) is 11.8. The first kappa shape index (κ1) is 9.71. The molecule has 0 radical (unpaired) electrons. The van der Waals surface area contributed by atoms with Crippen molar-refractivity contribution in [2.75, 3.05) is 18.0 Å². The molecule has 12 heavy (non-hydrogen) atoms. The van der Waals surface area contributed by atoms with Crippen LogP contribution in [0.5, 0.6) is 0 Å². The van der Waals surface area contributed by atoms with E-state index >= 15 is 0 Å². The zero-order chi connectivity index (χ0) is 8.97. The smallest absolute Gasteiger partial charge is 0.0453 e. The Labute approximate surface area is 81.3 Å². The zero-order valence-electron chi connectivity index (χ0n) is 6.59. The minimum absolute atomic E-state index is 0.649. The van der Waals surface area contributed by atoms with Gasteiger partial charge in [0.25, 0.3) is 0 Å². The first-order chi connectivity index (χ1) is 5.74. The van der Waals surface area contributed by atoms with Crippen LogP contribution in [0.15, 0.2) is 23.1 Å². The summed E-state index contributed by atoms with van der Waals surface area (Å²) in [5, 5.41) is 0.712. The fourth-order valence-corrected chi connectivity index (χ4v) is 1.82. The number of thioether (sulfide) groups is 1. The summed E-state index contributed by atoms with van der Waals surface area (Å²) < 4.78 is 0. The third-order valence-electron chi connectivity index (χ3n) is 1.35. The monoisotopic (exact) mass is 202 g/mol. The van der Waals surface area contributed by atoms with Gasteiger partial charge in [0.1, 0.15) is 0 Å². The number of anilines is 1. The van der Waals surface area contributed by atoms with Gasteiger partial charge >= 0.3 is 0 Å². The Morgan fingerprint density at radius 1 is 1.42 bits per heavy atom. The first-order valence-electron chi connectivity index (χ1n) is 3.62. The van der Waals surface area contributed by atoms with Crippen LogP contribution in [0.3, 0.4) is 0 Å². The third-order valence-corrected chi connectivity index (χ3v) is 2.69. The summed E-state index contributed by atoms with van der Waals surface area (Å²) >= 11 is 7.42. The fraction of sp³-hybridized carbons (Fsp3) is 0.250. The summed E-state index contributed by atoms with van der Waals surface area (Å²) in [7, 11) is 0. The molecule has 4 heteroatoms. The second-order valence-electron chi connectivity index (χ2n) is 2.32. The van der Waals surface area contributed by atoms with Gasteiger partial charge in [-0.2, -0.15) is 0 Å². The van der Waals surface area contributed by atoms with Gasteiger partial charge in [0.2, 0.25) is 0 Å². The number of nitrogen functional groups attached to an aromatic ring is 1. The van der Waals surface area contributed by atoms with Crippen LogP contribution in [0.2, 0.25) is 5.02 Å². The predicted molar refractivity (Wildman–Crippen MR) is 55.6 cm³/mol. The number of nitrogens with two attached hydrogens (primary N) is 2. The van der Waals surface area contributed by atoms with Gasteiger partial charge in [0.05, 0.1) is 0 Å². The van der Waals surface area contributed by atoms with Gasteiger partial charge in [-0.25, -0.2) is 0 Å². The highest BCUT2D eigenvalue weighted by atomic mass is 35.5. The van der Waals surface area contributed by atoms with Gasteiger partial charge in [-0.05, 0) is 18.2 Å². The molecule has 0 atom stereocenters. The second-order valence-corrected chi connectivity index (χ2v) is 3.89. The lowest BCUT2D eigenvalue weighted by atomic mass is 10.3. The zero-order valence-corrected chi connectivity index (χ0v) is 8.16. The molecule has 2 nitrogen and oxygen atoms in total. The largest absolute Gasteiger partial charge is 0.398 e. The first-order valence-corrected chi connectivity index (χ1v) is 4.98. The maximum Gasteiger partial charge on any atom is 0.0453 e. The van der Waals surface area contributed by atoms with Gasteiger partial charge in [0, 0.05) is 27.9 Å². The van der Waals surface area contributed by atoms with Crippen molar-refractivity contribution in [2.45, 2.75) is 4.90 Å². The standard InChI is InChI=1S/C8H11ClN2S/c9-6-1-2-7(11)8(5-6)12-4-3-10/h1-2,5H,3-4,10-11H2. The highest BCUT2D eigenvalue weighted by Crippen LogP contribution is 2.27. The van der Waals surface area contributed by atoms with Crippen LogP contribution < -0.4 is 11.5 Å². The lowest BCUT2D eigenvalue weighted by Crippen LogP contribution is -2.01. The fourth-order valence-electron chi connectivity index (χ4n) is 0.802. The average molecular weight is 203 g/mol. The van der Waals surface area contributed by atoms with Crippen molar-refractivity contribution in [3.63, 3.8) is 0 Å². The summed E-state index contributed by atoms with van der Waals surface area (Å²) in [5.74, 6) is 0.866. The van der Waals surface area contributed by atoms with Crippen molar-refractivity contribution in [1.82, 2.24) is 0 Å². The summed E-state index contributed by atoms with van der Waals surface area (Å²) in [6, 6.07) is 5.45. The van der Waals surface area contributed by atoms with Crippen molar-refractivity contribution in [3.05, 3.63) is 23.2 Å². The maximum absolute atomic E-state index is 5.80. The molecule has 0 heterocycles. The van der Waals surface area contributed by atoms with Gasteiger partial charge in [-0.3, -0.25) is 0 Å². The Morgan fingerprint density at radius 3 is 2.83 bits per heavy atom. The molecule has 0 fully saturated rings. The predicted octanol–water partition coefficient (Wildman–Crippen LogP) is 1.97. The van der Waals surface area contributed by atoms with E-state index in [1.54, 1.807) is 23.9 Å². The SMILES string of the molecule is NCCSc1cc(Cl)ccc1N. The molecule has 0 spiro atoms. The molecule has 0 aliphatic rings. The molecule has 66 valence electrons. The molecule has 1 aromatic rings. The summed E-state index contributed by atoms with van der Waals surface area (Å²) in [4.78, 5) is 1.01. The Bertz CT molecular complexity index is 265. The molecule has 0 amide bonds. The van der Waals surface area contributed by atoms with Gasteiger partial charge in [-0.1, -0.05) is 11.6 Å². The van der Waals surface area contributed by atoms with E-state index in [0.29, 0.717) is 11.6 Å². The molecule has 0 saturated carbocycles. The molecule has 0 unspecified atom stereocenters. The quantitative estimate of drug-likeness (QED) is 0.582. The summed E-state index contributed by atoms with van der Waals surface area (Å²) in [6.45, 7) is 0.649. The Balaban J connectivity index is 2.75. The third kappa shape index (κ3) is 2.59. The van der Waals surface area contributed by atoms with Crippen LogP contribution in [0.1, 0.15) is 0 Å². The van der Waals surface area contributed by atoms with E-state index in [4.69, 9.17) is 23.1 Å². The van der Waals surface area contributed by atoms with Crippen molar-refractivity contribution < 1.29 is 0 Å². The molecule has 1 aromatic carbocycles. The topological polar surface area (TPSA) is 52.0 Å². The van der Waals surface area contributed by atoms with Gasteiger partial charge in [-0.15, -0.1) is 11.8 Å². The van der Waals surface area contributed by atoms with Gasteiger partial charge < -0.3 is 11.5 Å². The van der Waals surface area contributed by atoms with Crippen molar-refractivity contribution >= 4 is 29.1 Å². The number of benzene rings is 1. The van der Waals surface area contributed by atoms with Crippen molar-refractivity contribution in [3.8, 4) is 0 Å². The Morgan fingerprint density at radius 2 is 2.17 bits per heavy atom. The number of halogens is 1. The molecular formula is C8H11ClN2S. The number of rotatable bonds is 3. The molecule has 0 aliphatic carbocycles. The second kappa shape index (κ2) is 4.60. The number of hydrogen-bond acceptors (Lipinski definition) is 3. The van der Waals surface area contributed by atoms with Crippen LogP contribution in [0, 0.1) is 0 Å². The molecule has 0 bridgehead atoms. The minimum Gasteiger partial charge on any atom is -0.398 e. The molecule has 4 N–H and O–H groups in total. The Hall–Kier alpha value is -0.380. The summed E-state index contributed by atoms with van der Waals surface area (Å²) in [6.07, 6.45) is 0. The maximum atomic E-state index is 5.80. The van der Waals surface area contributed by atoms with E-state index in [-0.39, 0.29) is 0 Å². The van der Waals surface area contributed by atoms with Gasteiger partial charge in [0.15, 0.2) is 0 Å². The van der Waals surface area contributed by atoms with Crippen LogP contribution in [-0.4, -0.2) is 12.3 Å². The molecule has 0 saturated heterocycles. The molecule has 0 aromatic heterocycles. The van der Waals surface area contributed by atoms with E-state index in [0.717, 1.165) is 16.3 Å². The van der Waals surface area contributed by atoms with Crippen LogP contribution >= 0.6 is 23.4 Å². The van der Waals surface area contributed by atoms with E-state index in [9.17, 15) is 0 Å². The van der Waals surface area contributed by atoms with E-state index in [1.807, 2.05) is 6.07 Å². The highest BCUT2D eigenvalue weighted by molar-refractivity contribution is 7.99. The lowest BCUT2D eigenvalue weighted by Gasteiger charge is -2.03. The minimum atomic E-state index is 0.649. The van der Waals surface area contributed by atoms with E-state index in [1.165, 1.54) is 0 Å². The van der Waals surface area contributed by atoms with E-state index < -0.39 is 0 Å². The van der Waals surface area contributed by atoms with Crippen LogP contribution in [-0.2, 0) is 0 Å². The average Bonchev–Trinajstić information content (AvgIpc) is 2.07. The van der Waals surface area contributed by atoms with E-state index in [2.05, 4.69) is 0 Å². The van der Waals surface area contributed by atoms with Crippen molar-refractivity contribution in [1.29, 1.82) is 0 Å².